The molecule has 1 aromatic carbocycles. The van der Waals surface area contributed by atoms with Gasteiger partial charge in [0.2, 0.25) is 5.91 Å². The molecule has 2 aromatic heterocycles. The molecule has 27 heavy (non-hydrogen) atoms. The summed E-state index contributed by atoms with van der Waals surface area (Å²) < 4.78 is 3.91. The first-order valence-corrected chi connectivity index (χ1v) is 9.04. The molecule has 2 heterocycles. The summed E-state index contributed by atoms with van der Waals surface area (Å²) in [5.41, 5.74) is 4.39. The normalized spacial score (nSPS) is 10.8. The van der Waals surface area contributed by atoms with Crippen molar-refractivity contribution in [2.75, 3.05) is 26.0 Å². The Kier molecular flexibility index (Phi) is 5.59. The van der Waals surface area contributed by atoms with Crippen molar-refractivity contribution in [2.24, 2.45) is 0 Å². The van der Waals surface area contributed by atoms with Crippen LogP contribution in [0.5, 0.6) is 0 Å². The maximum atomic E-state index is 11.3. The van der Waals surface area contributed by atoms with Crippen molar-refractivity contribution < 1.29 is 4.79 Å². The lowest BCUT2D eigenvalue weighted by atomic mass is 10.1. The molecule has 0 atom stereocenters. The van der Waals surface area contributed by atoms with E-state index in [-0.39, 0.29) is 5.91 Å². The second-order valence-corrected chi connectivity index (χ2v) is 6.75. The molecular weight excluding hydrogens is 340 g/mol. The number of aromatic nitrogens is 4. The molecule has 1 N–H and O–H groups in total. The van der Waals surface area contributed by atoms with Gasteiger partial charge in [-0.3, -0.25) is 14.0 Å². The lowest BCUT2D eigenvalue weighted by Gasteiger charge is -2.15. The summed E-state index contributed by atoms with van der Waals surface area (Å²) in [7, 11) is 5.73. The number of hydrogen-bond donors (Lipinski definition) is 1. The molecule has 0 radical (unpaired) electrons. The van der Waals surface area contributed by atoms with Crippen LogP contribution in [-0.2, 0) is 11.3 Å². The molecule has 0 fully saturated rings. The van der Waals surface area contributed by atoms with Crippen molar-refractivity contribution in [2.45, 2.75) is 26.3 Å². The van der Waals surface area contributed by atoms with Crippen LogP contribution < -0.4 is 10.2 Å². The molecule has 0 spiro atoms. The van der Waals surface area contributed by atoms with Gasteiger partial charge in [-0.15, -0.1) is 0 Å². The topological polar surface area (TPSA) is 68.0 Å². The average molecular weight is 366 g/mol. The van der Waals surface area contributed by atoms with E-state index in [2.05, 4.69) is 45.4 Å². The summed E-state index contributed by atoms with van der Waals surface area (Å²) in [5, 5.41) is 7.06. The summed E-state index contributed by atoms with van der Waals surface area (Å²) in [6, 6.07) is 6.37. The van der Waals surface area contributed by atoms with Crippen molar-refractivity contribution in [1.82, 2.24) is 24.6 Å². The molecule has 0 aliphatic rings. The summed E-state index contributed by atoms with van der Waals surface area (Å²) >= 11 is 0. The van der Waals surface area contributed by atoms with Gasteiger partial charge in [0.1, 0.15) is 5.82 Å². The number of nitrogens with one attached hydrogen (secondary N) is 1. The Morgan fingerprint density at radius 1 is 1.30 bits per heavy atom. The van der Waals surface area contributed by atoms with Crippen molar-refractivity contribution in [3.63, 3.8) is 0 Å². The smallest absolute Gasteiger partial charge is 0.219 e. The third kappa shape index (κ3) is 4.19. The summed E-state index contributed by atoms with van der Waals surface area (Å²) in [4.78, 5) is 18.0. The lowest BCUT2D eigenvalue weighted by molar-refractivity contribution is -0.120. The number of benzene rings is 1. The quantitative estimate of drug-likeness (QED) is 0.698. The standard InChI is InChI=1S/C20H26N6O/c1-15-12-16(24(3)4)7-8-18(15)20-22-9-11-26(20)17-13-23-25(14-17)10-5-6-19(27)21-2/h7-9,11-14H,5-6,10H2,1-4H3,(H,21,27). The number of amides is 1. The maximum absolute atomic E-state index is 11.3. The molecule has 7 nitrogen and oxygen atoms in total. The van der Waals surface area contributed by atoms with Crippen LogP contribution in [0.25, 0.3) is 17.1 Å². The van der Waals surface area contributed by atoms with Gasteiger partial charge in [-0.1, -0.05) is 0 Å². The van der Waals surface area contributed by atoms with E-state index in [0.717, 1.165) is 23.5 Å². The fraction of sp³-hybridized carbons (Fsp3) is 0.350. The highest BCUT2D eigenvalue weighted by Gasteiger charge is 2.12. The molecule has 0 saturated carbocycles. The Morgan fingerprint density at radius 2 is 2.11 bits per heavy atom. The number of carbonyl (C=O) groups excluding carboxylic acids is 1. The Morgan fingerprint density at radius 3 is 2.81 bits per heavy atom. The number of hydrogen-bond acceptors (Lipinski definition) is 4. The van der Waals surface area contributed by atoms with Crippen LogP contribution >= 0.6 is 0 Å². The summed E-state index contributed by atoms with van der Waals surface area (Å²) in [6.07, 6.45) is 8.81. The van der Waals surface area contributed by atoms with E-state index < -0.39 is 0 Å². The largest absolute Gasteiger partial charge is 0.378 e. The van der Waals surface area contributed by atoms with E-state index in [1.54, 1.807) is 13.2 Å². The number of nitrogens with zero attached hydrogens (tertiary/aromatic N) is 5. The molecule has 3 aromatic rings. The van der Waals surface area contributed by atoms with Gasteiger partial charge in [0.05, 0.1) is 11.9 Å². The van der Waals surface area contributed by atoms with Crippen LogP contribution in [-0.4, -0.2) is 46.4 Å². The first kappa shape index (κ1) is 18.7. The molecule has 0 aliphatic heterocycles. The molecule has 0 aliphatic carbocycles. The Bertz CT molecular complexity index is 924. The molecule has 0 bridgehead atoms. The molecule has 3 rings (SSSR count). The van der Waals surface area contributed by atoms with E-state index in [1.165, 1.54) is 11.3 Å². The third-order valence-electron chi connectivity index (χ3n) is 4.58. The van der Waals surface area contributed by atoms with Crippen molar-refractivity contribution >= 4 is 11.6 Å². The molecule has 142 valence electrons. The van der Waals surface area contributed by atoms with Crippen molar-refractivity contribution in [3.8, 4) is 17.1 Å². The van der Waals surface area contributed by atoms with E-state index in [9.17, 15) is 4.79 Å². The van der Waals surface area contributed by atoms with Gasteiger partial charge in [-0.25, -0.2) is 4.98 Å². The minimum Gasteiger partial charge on any atom is -0.378 e. The Labute approximate surface area is 159 Å². The van der Waals surface area contributed by atoms with Gasteiger partial charge in [0, 0.05) is 63.9 Å². The van der Waals surface area contributed by atoms with Crippen LogP contribution in [0.2, 0.25) is 0 Å². The molecular formula is C20H26N6O. The summed E-state index contributed by atoms with van der Waals surface area (Å²) in [6.45, 7) is 2.80. The Balaban J connectivity index is 1.81. The monoisotopic (exact) mass is 366 g/mol. The third-order valence-corrected chi connectivity index (χ3v) is 4.58. The lowest BCUT2D eigenvalue weighted by Crippen LogP contribution is -2.17. The molecule has 7 heteroatoms. The predicted molar refractivity (Wildman–Crippen MR) is 107 cm³/mol. The highest BCUT2D eigenvalue weighted by Crippen LogP contribution is 2.27. The maximum Gasteiger partial charge on any atom is 0.219 e. The van der Waals surface area contributed by atoms with E-state index in [0.29, 0.717) is 13.0 Å². The van der Waals surface area contributed by atoms with Crippen molar-refractivity contribution in [3.05, 3.63) is 48.5 Å². The van der Waals surface area contributed by atoms with E-state index in [4.69, 9.17) is 0 Å². The van der Waals surface area contributed by atoms with Crippen LogP contribution in [0.4, 0.5) is 5.69 Å². The van der Waals surface area contributed by atoms with Crippen LogP contribution in [0.1, 0.15) is 18.4 Å². The molecule has 0 saturated heterocycles. The number of carbonyl (C=O) groups is 1. The zero-order valence-corrected chi connectivity index (χ0v) is 16.3. The van der Waals surface area contributed by atoms with Gasteiger partial charge >= 0.3 is 0 Å². The second-order valence-electron chi connectivity index (χ2n) is 6.75. The zero-order valence-electron chi connectivity index (χ0n) is 16.3. The summed E-state index contributed by atoms with van der Waals surface area (Å²) in [5.74, 6) is 0.943. The van der Waals surface area contributed by atoms with Gasteiger partial charge in [-0.2, -0.15) is 5.10 Å². The SMILES string of the molecule is CNC(=O)CCCn1cc(-n2ccnc2-c2ccc(N(C)C)cc2C)cn1. The van der Waals surface area contributed by atoms with Crippen LogP contribution in [0, 0.1) is 6.92 Å². The number of imidazole rings is 1. The minimum absolute atomic E-state index is 0.0518. The highest BCUT2D eigenvalue weighted by molar-refractivity contribution is 5.75. The average Bonchev–Trinajstić information content (AvgIpc) is 3.30. The number of rotatable bonds is 7. The fourth-order valence-electron chi connectivity index (χ4n) is 3.01. The zero-order chi connectivity index (χ0) is 19.4. The van der Waals surface area contributed by atoms with Crippen molar-refractivity contribution in [1.29, 1.82) is 0 Å². The first-order chi connectivity index (χ1) is 13.0. The molecule has 0 unspecified atom stereocenters. The van der Waals surface area contributed by atoms with E-state index in [1.807, 2.05) is 41.9 Å². The highest BCUT2D eigenvalue weighted by atomic mass is 16.1. The van der Waals surface area contributed by atoms with Gasteiger partial charge in [0.25, 0.3) is 0 Å². The number of aryl methyl sites for hydroxylation is 2. The molecule has 1 amide bonds. The fourth-order valence-corrected chi connectivity index (χ4v) is 3.01. The first-order valence-electron chi connectivity index (χ1n) is 9.04. The van der Waals surface area contributed by atoms with Gasteiger partial charge in [0.15, 0.2) is 0 Å². The second kappa shape index (κ2) is 8.07. The van der Waals surface area contributed by atoms with Crippen LogP contribution in [0.3, 0.4) is 0 Å². The number of anilines is 1. The van der Waals surface area contributed by atoms with Crippen LogP contribution in [0.15, 0.2) is 43.0 Å². The minimum atomic E-state index is 0.0518. The van der Waals surface area contributed by atoms with E-state index >= 15 is 0 Å². The Hall–Kier alpha value is -3.09. The predicted octanol–water partition coefficient (Wildman–Crippen LogP) is 2.64. The van der Waals surface area contributed by atoms with Gasteiger partial charge in [-0.05, 0) is 37.1 Å². The van der Waals surface area contributed by atoms with Gasteiger partial charge < -0.3 is 10.2 Å².